The maximum absolute atomic E-state index is 6.39. The van der Waals surface area contributed by atoms with Gasteiger partial charge in [0.1, 0.15) is 11.5 Å². The van der Waals surface area contributed by atoms with Gasteiger partial charge in [0, 0.05) is 34.0 Å². The average Bonchev–Trinajstić information content (AvgIpc) is 3.74. The lowest BCUT2D eigenvalue weighted by molar-refractivity contribution is 0.174. The summed E-state index contributed by atoms with van der Waals surface area (Å²) in [7, 11) is 0. The molecule has 0 saturated carbocycles. The number of nitrogens with zero attached hydrogens (tertiary/aromatic N) is 1. The molecule has 242 valence electrons. The molecule has 0 atom stereocenters. The highest BCUT2D eigenvalue weighted by Crippen LogP contribution is 2.58. The van der Waals surface area contributed by atoms with E-state index in [2.05, 4.69) is 140 Å². The van der Waals surface area contributed by atoms with Gasteiger partial charge < -0.3 is 19.1 Å². The van der Waals surface area contributed by atoms with Crippen LogP contribution in [-0.2, 0) is 5.41 Å². The minimum atomic E-state index is -0.185. The third-order valence-corrected chi connectivity index (χ3v) is 9.90. The quantitative estimate of drug-likeness (QED) is 0.172. The molecule has 0 spiro atoms. The van der Waals surface area contributed by atoms with Crippen molar-refractivity contribution >= 4 is 17.1 Å². The zero-order chi connectivity index (χ0) is 33.7. The number of para-hydroxylation sites is 2. The minimum Gasteiger partial charge on any atom is -0.457 e. The van der Waals surface area contributed by atoms with E-state index >= 15 is 0 Å². The van der Waals surface area contributed by atoms with E-state index in [0.29, 0.717) is 0 Å². The zero-order valence-corrected chi connectivity index (χ0v) is 28.0. The topological polar surface area (TPSA) is 30.9 Å². The lowest BCUT2D eigenvalue weighted by Crippen LogP contribution is -2.16. The number of hydrogen-bond donors (Lipinski definition) is 0. The van der Waals surface area contributed by atoms with Gasteiger partial charge in [-0.3, -0.25) is 0 Å². The summed E-state index contributed by atoms with van der Waals surface area (Å²) in [6, 6.07) is 57.1. The average molecular weight is 650 g/mol. The molecule has 0 bridgehead atoms. The molecule has 7 aromatic carbocycles. The molecule has 7 aromatic rings. The molecular weight excluding hydrogens is 615 g/mol. The van der Waals surface area contributed by atoms with E-state index in [1.807, 2.05) is 42.5 Å². The third-order valence-electron chi connectivity index (χ3n) is 9.90. The Kier molecular flexibility index (Phi) is 7.17. The standard InChI is InChI=1S/C46H35NO3/c1-46(2)39-24-10-9-22-37(39)43-40(46)26-27-41(44(43)38-23-13-25-42-45(38)49-30-48-42)47(33-17-11-16-32(28-33)31-14-5-3-6-15-31)34-18-12-21-36(29-34)50-35-19-7-4-8-20-35/h3-29H,30H2,1-2H3. The van der Waals surface area contributed by atoms with E-state index in [0.717, 1.165) is 62.3 Å². The Balaban J connectivity index is 1.33. The molecular formula is C46H35NO3. The van der Waals surface area contributed by atoms with Crippen molar-refractivity contribution in [1.29, 1.82) is 0 Å². The normalized spacial score (nSPS) is 13.4. The predicted octanol–water partition coefficient (Wildman–Crippen LogP) is 12.3. The second-order valence-electron chi connectivity index (χ2n) is 13.3. The summed E-state index contributed by atoms with van der Waals surface area (Å²) in [5.74, 6) is 3.07. The summed E-state index contributed by atoms with van der Waals surface area (Å²) in [4.78, 5) is 2.35. The van der Waals surface area contributed by atoms with Crippen molar-refractivity contribution < 1.29 is 14.2 Å². The van der Waals surface area contributed by atoms with Crippen molar-refractivity contribution in [2.24, 2.45) is 0 Å². The van der Waals surface area contributed by atoms with Crippen molar-refractivity contribution in [1.82, 2.24) is 0 Å². The van der Waals surface area contributed by atoms with E-state index in [1.165, 1.54) is 22.3 Å². The summed E-state index contributed by atoms with van der Waals surface area (Å²) >= 11 is 0. The minimum absolute atomic E-state index is 0.185. The first kappa shape index (κ1) is 29.8. The summed E-state index contributed by atoms with van der Waals surface area (Å²) in [5.41, 5.74) is 12.3. The summed E-state index contributed by atoms with van der Waals surface area (Å²) < 4.78 is 18.6. The molecule has 0 saturated heterocycles. The third kappa shape index (κ3) is 5.00. The van der Waals surface area contributed by atoms with Gasteiger partial charge in [-0.2, -0.15) is 0 Å². The van der Waals surface area contributed by atoms with Crippen molar-refractivity contribution in [3.05, 3.63) is 175 Å². The maximum Gasteiger partial charge on any atom is 0.231 e. The van der Waals surface area contributed by atoms with Crippen LogP contribution in [0.4, 0.5) is 17.1 Å². The van der Waals surface area contributed by atoms with Gasteiger partial charge in [0.05, 0.1) is 5.69 Å². The van der Waals surface area contributed by atoms with Crippen LogP contribution in [0.5, 0.6) is 23.0 Å². The Morgan fingerprint density at radius 3 is 2.02 bits per heavy atom. The van der Waals surface area contributed by atoms with E-state index in [4.69, 9.17) is 14.2 Å². The van der Waals surface area contributed by atoms with Crippen LogP contribution < -0.4 is 19.1 Å². The van der Waals surface area contributed by atoms with Crippen molar-refractivity contribution in [3.63, 3.8) is 0 Å². The molecule has 1 aliphatic carbocycles. The molecule has 50 heavy (non-hydrogen) atoms. The van der Waals surface area contributed by atoms with Crippen molar-refractivity contribution in [2.45, 2.75) is 19.3 Å². The van der Waals surface area contributed by atoms with Crippen LogP contribution in [0.1, 0.15) is 25.0 Å². The van der Waals surface area contributed by atoms with Crippen molar-refractivity contribution in [3.8, 4) is 56.4 Å². The van der Waals surface area contributed by atoms with Gasteiger partial charge >= 0.3 is 0 Å². The first-order chi connectivity index (χ1) is 24.6. The molecule has 4 heteroatoms. The first-order valence-corrected chi connectivity index (χ1v) is 17.0. The van der Waals surface area contributed by atoms with Crippen molar-refractivity contribution in [2.75, 3.05) is 11.7 Å². The number of fused-ring (bicyclic) bond motifs is 4. The van der Waals surface area contributed by atoms with Gasteiger partial charge in [0.15, 0.2) is 11.5 Å². The van der Waals surface area contributed by atoms with Crippen LogP contribution in [0.2, 0.25) is 0 Å². The second-order valence-corrected chi connectivity index (χ2v) is 13.3. The molecule has 0 radical (unpaired) electrons. The molecule has 0 fully saturated rings. The van der Waals surface area contributed by atoms with Crippen LogP contribution in [0, 0.1) is 0 Å². The van der Waals surface area contributed by atoms with Crippen LogP contribution in [0.15, 0.2) is 164 Å². The number of ether oxygens (including phenoxy) is 3. The molecule has 2 aliphatic rings. The number of benzene rings is 7. The van der Waals surface area contributed by atoms with Gasteiger partial charge in [0.25, 0.3) is 0 Å². The molecule has 1 heterocycles. The number of rotatable bonds is 7. The number of anilines is 3. The fraction of sp³-hybridized carbons (Fsp3) is 0.0870. The Morgan fingerprint density at radius 2 is 1.18 bits per heavy atom. The van der Waals surface area contributed by atoms with E-state index in [1.54, 1.807) is 0 Å². The van der Waals surface area contributed by atoms with Gasteiger partial charge in [-0.1, -0.05) is 123 Å². The Hall–Kier alpha value is -6.26. The smallest absolute Gasteiger partial charge is 0.231 e. The molecule has 0 unspecified atom stereocenters. The lowest BCUT2D eigenvalue weighted by Gasteiger charge is -2.31. The second kappa shape index (κ2) is 12.0. The van der Waals surface area contributed by atoms with Gasteiger partial charge in [0.2, 0.25) is 6.79 Å². The Morgan fingerprint density at radius 1 is 0.520 bits per heavy atom. The molecule has 1 aliphatic heterocycles. The van der Waals surface area contributed by atoms with Crippen LogP contribution in [0.3, 0.4) is 0 Å². The SMILES string of the molecule is CC1(C)c2ccccc2-c2c1ccc(N(c1cccc(Oc3ccccc3)c1)c1cccc(-c3ccccc3)c1)c2-c1cccc2c1OCO2. The zero-order valence-electron chi connectivity index (χ0n) is 28.0. The molecule has 0 amide bonds. The van der Waals surface area contributed by atoms with E-state index in [-0.39, 0.29) is 12.2 Å². The summed E-state index contributed by atoms with van der Waals surface area (Å²) in [5, 5.41) is 0. The van der Waals surface area contributed by atoms with Crippen LogP contribution in [-0.4, -0.2) is 6.79 Å². The highest BCUT2D eigenvalue weighted by Gasteiger charge is 2.39. The fourth-order valence-corrected chi connectivity index (χ4v) is 7.56. The Bertz CT molecular complexity index is 2360. The predicted molar refractivity (Wildman–Crippen MR) is 202 cm³/mol. The van der Waals surface area contributed by atoms with E-state index < -0.39 is 0 Å². The largest absolute Gasteiger partial charge is 0.457 e. The maximum atomic E-state index is 6.39. The first-order valence-electron chi connectivity index (χ1n) is 17.0. The molecule has 4 nitrogen and oxygen atoms in total. The highest BCUT2D eigenvalue weighted by atomic mass is 16.7. The number of hydrogen-bond acceptors (Lipinski definition) is 4. The molecule has 9 rings (SSSR count). The van der Waals surface area contributed by atoms with Gasteiger partial charge in [-0.25, -0.2) is 0 Å². The van der Waals surface area contributed by atoms with Crippen LogP contribution in [0.25, 0.3) is 33.4 Å². The van der Waals surface area contributed by atoms with Gasteiger partial charge in [-0.15, -0.1) is 0 Å². The van der Waals surface area contributed by atoms with Gasteiger partial charge in [-0.05, 0) is 81.9 Å². The van der Waals surface area contributed by atoms with E-state index in [9.17, 15) is 0 Å². The lowest BCUT2D eigenvalue weighted by atomic mass is 9.81. The molecule has 0 N–H and O–H groups in total. The fourth-order valence-electron chi connectivity index (χ4n) is 7.56. The molecule has 0 aromatic heterocycles. The monoisotopic (exact) mass is 649 g/mol. The summed E-state index contributed by atoms with van der Waals surface area (Å²) in [6.07, 6.45) is 0. The highest BCUT2D eigenvalue weighted by molar-refractivity contribution is 6.03. The summed E-state index contributed by atoms with van der Waals surface area (Å²) in [6.45, 7) is 4.84. The van der Waals surface area contributed by atoms with Crippen LogP contribution >= 0.6 is 0 Å². The Labute approximate surface area is 292 Å².